The average molecular weight is 342 g/mol. The summed E-state index contributed by atoms with van der Waals surface area (Å²) in [5, 5.41) is 18.4. The summed E-state index contributed by atoms with van der Waals surface area (Å²) in [5.74, 6) is 0. The maximum absolute atomic E-state index is 10.8. The molecule has 24 heavy (non-hydrogen) atoms. The quantitative estimate of drug-likeness (QED) is 0.381. The van der Waals surface area contributed by atoms with Crippen molar-refractivity contribution in [1.82, 2.24) is 5.43 Å². The lowest BCUT2D eigenvalue weighted by Crippen LogP contribution is -2.25. The summed E-state index contributed by atoms with van der Waals surface area (Å²) in [6.45, 7) is 5.78. The molecule has 0 aliphatic rings. The van der Waals surface area contributed by atoms with Crippen molar-refractivity contribution in [2.45, 2.75) is 20.8 Å². The van der Waals surface area contributed by atoms with E-state index in [9.17, 15) is 10.1 Å². The number of nitrogens with zero attached hydrogens (tertiary/aromatic N) is 2. The fourth-order valence-electron chi connectivity index (χ4n) is 2.15. The van der Waals surface area contributed by atoms with Gasteiger partial charge in [-0.15, -0.1) is 0 Å². The van der Waals surface area contributed by atoms with E-state index < -0.39 is 4.92 Å². The van der Waals surface area contributed by atoms with Crippen LogP contribution in [0.25, 0.3) is 0 Å². The van der Waals surface area contributed by atoms with E-state index in [4.69, 9.17) is 12.2 Å². The second kappa shape index (κ2) is 7.65. The number of hydrogen-bond acceptors (Lipinski definition) is 4. The zero-order valence-corrected chi connectivity index (χ0v) is 14.5. The molecule has 0 heterocycles. The van der Waals surface area contributed by atoms with Gasteiger partial charge < -0.3 is 5.32 Å². The number of benzene rings is 2. The molecule has 7 heteroatoms. The Bertz CT molecular complexity index is 818. The normalized spacial score (nSPS) is 11.0. The molecular weight excluding hydrogens is 324 g/mol. The molecule has 0 aliphatic heterocycles. The van der Waals surface area contributed by atoms with Crippen molar-refractivity contribution in [1.29, 1.82) is 0 Å². The first-order valence-electron chi connectivity index (χ1n) is 7.30. The lowest BCUT2D eigenvalue weighted by molar-refractivity contribution is -0.384. The third-order valence-corrected chi connectivity index (χ3v) is 3.62. The predicted molar refractivity (Wildman–Crippen MR) is 101 cm³/mol. The minimum Gasteiger partial charge on any atom is -0.331 e. The lowest BCUT2D eigenvalue weighted by Gasteiger charge is -2.11. The fourth-order valence-corrected chi connectivity index (χ4v) is 2.30. The van der Waals surface area contributed by atoms with Crippen LogP contribution >= 0.6 is 12.2 Å². The minimum atomic E-state index is -0.434. The Morgan fingerprint density at radius 3 is 2.62 bits per heavy atom. The molecule has 0 atom stereocenters. The molecule has 2 rings (SSSR count). The Kier molecular flexibility index (Phi) is 5.59. The van der Waals surface area contributed by atoms with Crippen LogP contribution in [0.15, 0.2) is 47.6 Å². The molecule has 0 fully saturated rings. The van der Waals surface area contributed by atoms with Gasteiger partial charge in [0.1, 0.15) is 0 Å². The van der Waals surface area contributed by atoms with E-state index in [2.05, 4.69) is 21.9 Å². The van der Waals surface area contributed by atoms with E-state index in [1.165, 1.54) is 17.7 Å². The van der Waals surface area contributed by atoms with E-state index in [-0.39, 0.29) is 5.69 Å². The standard InChI is InChI=1S/C17H18N4O2S/c1-11-7-8-16(12(2)9-11)18-17(24)20-19-13(3)14-5-4-6-15(10-14)21(22)23/h4-10H,1-3H3,(H2,18,20,24)/b19-13-. The van der Waals surface area contributed by atoms with Crippen molar-refractivity contribution >= 4 is 34.4 Å². The number of nitro groups is 1. The van der Waals surface area contributed by atoms with Crippen molar-refractivity contribution in [3.05, 3.63) is 69.3 Å². The molecule has 0 spiro atoms. The maximum atomic E-state index is 10.8. The molecular formula is C17H18N4O2S. The molecule has 0 aromatic heterocycles. The Balaban J connectivity index is 2.05. The van der Waals surface area contributed by atoms with Gasteiger partial charge in [-0.25, -0.2) is 0 Å². The highest BCUT2D eigenvalue weighted by Crippen LogP contribution is 2.16. The summed E-state index contributed by atoms with van der Waals surface area (Å²) < 4.78 is 0. The van der Waals surface area contributed by atoms with Crippen molar-refractivity contribution in [2.75, 3.05) is 5.32 Å². The van der Waals surface area contributed by atoms with Crippen LogP contribution in [0.5, 0.6) is 0 Å². The molecule has 0 amide bonds. The minimum absolute atomic E-state index is 0.0260. The van der Waals surface area contributed by atoms with Gasteiger partial charge in [0.25, 0.3) is 5.69 Å². The van der Waals surface area contributed by atoms with Gasteiger partial charge in [-0.1, -0.05) is 29.8 Å². The number of nitro benzene ring substituents is 1. The topological polar surface area (TPSA) is 79.6 Å². The molecule has 2 aromatic carbocycles. The number of nitrogens with one attached hydrogen (secondary N) is 2. The van der Waals surface area contributed by atoms with Gasteiger partial charge in [0.05, 0.1) is 10.6 Å². The molecule has 6 nitrogen and oxygen atoms in total. The van der Waals surface area contributed by atoms with Gasteiger partial charge in [0.2, 0.25) is 0 Å². The van der Waals surface area contributed by atoms with Crippen LogP contribution in [0.4, 0.5) is 11.4 Å². The first kappa shape index (κ1) is 17.6. The first-order chi connectivity index (χ1) is 11.4. The number of non-ortho nitro benzene ring substituents is 1. The third-order valence-electron chi connectivity index (χ3n) is 3.43. The molecule has 0 saturated carbocycles. The van der Waals surface area contributed by atoms with E-state index in [1.807, 2.05) is 26.0 Å². The molecule has 2 aromatic rings. The van der Waals surface area contributed by atoms with E-state index in [1.54, 1.807) is 19.1 Å². The van der Waals surface area contributed by atoms with Crippen LogP contribution in [0.1, 0.15) is 23.6 Å². The van der Waals surface area contributed by atoms with Gasteiger partial charge in [0.15, 0.2) is 5.11 Å². The smallest absolute Gasteiger partial charge is 0.270 e. The first-order valence-corrected chi connectivity index (χ1v) is 7.71. The number of rotatable bonds is 4. The molecule has 124 valence electrons. The van der Waals surface area contributed by atoms with Gasteiger partial charge in [-0.3, -0.25) is 15.5 Å². The molecule has 0 unspecified atom stereocenters. The Labute approximate surface area is 145 Å². The number of hydrazone groups is 1. The van der Waals surface area contributed by atoms with Crippen LogP contribution in [-0.2, 0) is 0 Å². The average Bonchev–Trinajstić information content (AvgIpc) is 2.55. The molecule has 0 bridgehead atoms. The zero-order valence-electron chi connectivity index (χ0n) is 13.7. The van der Waals surface area contributed by atoms with Crippen LogP contribution in [0.3, 0.4) is 0 Å². The second-order valence-electron chi connectivity index (χ2n) is 5.39. The molecule has 2 N–H and O–H groups in total. The van der Waals surface area contributed by atoms with Gasteiger partial charge in [0, 0.05) is 23.4 Å². The predicted octanol–water partition coefficient (Wildman–Crippen LogP) is 3.92. The summed E-state index contributed by atoms with van der Waals surface area (Å²) in [7, 11) is 0. The zero-order chi connectivity index (χ0) is 17.7. The van der Waals surface area contributed by atoms with Crippen molar-refractivity contribution in [3.63, 3.8) is 0 Å². The summed E-state index contributed by atoms with van der Waals surface area (Å²) in [4.78, 5) is 10.4. The third kappa shape index (κ3) is 4.60. The molecule has 0 radical (unpaired) electrons. The summed E-state index contributed by atoms with van der Waals surface area (Å²) >= 11 is 5.23. The van der Waals surface area contributed by atoms with Gasteiger partial charge in [-0.05, 0) is 44.6 Å². The molecule has 0 aliphatic carbocycles. The van der Waals surface area contributed by atoms with Crippen molar-refractivity contribution < 1.29 is 4.92 Å². The number of aryl methyl sites for hydroxylation is 2. The lowest BCUT2D eigenvalue weighted by atomic mass is 10.1. The summed E-state index contributed by atoms with van der Waals surface area (Å²) in [6.07, 6.45) is 0. The summed E-state index contributed by atoms with van der Waals surface area (Å²) in [5.41, 5.74) is 7.21. The fraction of sp³-hybridized carbons (Fsp3) is 0.176. The Morgan fingerprint density at radius 1 is 1.21 bits per heavy atom. The summed E-state index contributed by atoms with van der Waals surface area (Å²) in [6, 6.07) is 12.3. The van der Waals surface area contributed by atoms with Crippen LogP contribution < -0.4 is 10.7 Å². The SMILES string of the molecule is C/C(=N/NC(=S)Nc1ccc(C)cc1C)c1cccc([N+](=O)[O-])c1. The maximum Gasteiger partial charge on any atom is 0.270 e. The highest BCUT2D eigenvalue weighted by Gasteiger charge is 2.07. The number of anilines is 1. The van der Waals surface area contributed by atoms with E-state index >= 15 is 0 Å². The van der Waals surface area contributed by atoms with Crippen molar-refractivity contribution in [2.24, 2.45) is 5.10 Å². The number of thiocarbonyl (C=S) groups is 1. The largest absolute Gasteiger partial charge is 0.331 e. The van der Waals surface area contributed by atoms with Crippen LogP contribution in [0, 0.1) is 24.0 Å². The van der Waals surface area contributed by atoms with Crippen LogP contribution in [-0.4, -0.2) is 15.7 Å². The highest BCUT2D eigenvalue weighted by atomic mass is 32.1. The molecule has 0 saturated heterocycles. The second-order valence-corrected chi connectivity index (χ2v) is 5.80. The Morgan fingerprint density at radius 2 is 1.96 bits per heavy atom. The Hall–Kier alpha value is -2.80. The van der Waals surface area contributed by atoms with Gasteiger partial charge >= 0.3 is 0 Å². The van der Waals surface area contributed by atoms with E-state index in [0.29, 0.717) is 16.4 Å². The van der Waals surface area contributed by atoms with Crippen LogP contribution in [0.2, 0.25) is 0 Å². The monoisotopic (exact) mass is 342 g/mol. The highest BCUT2D eigenvalue weighted by molar-refractivity contribution is 7.80. The number of hydrogen-bond donors (Lipinski definition) is 2. The van der Waals surface area contributed by atoms with Crippen molar-refractivity contribution in [3.8, 4) is 0 Å². The van der Waals surface area contributed by atoms with Gasteiger partial charge in [-0.2, -0.15) is 5.10 Å². The van der Waals surface area contributed by atoms with E-state index in [0.717, 1.165) is 11.3 Å².